The number of unbranched alkanes of at least 4 members (excludes halogenated alkanes) is 2. The van der Waals surface area contributed by atoms with Crippen LogP contribution < -0.4 is 5.32 Å². The standard InChI is InChI=1S/C19H40N2/c1-7-9-10-14-21(16(3)4)15-17-12-11-13-19(5,6)18(17)20-8-2/h16-18,20H,7-15H2,1-6H3. The number of hydrogen-bond acceptors (Lipinski definition) is 2. The summed E-state index contributed by atoms with van der Waals surface area (Å²) in [6.07, 6.45) is 8.23. The van der Waals surface area contributed by atoms with E-state index in [2.05, 4.69) is 51.8 Å². The molecule has 126 valence electrons. The minimum Gasteiger partial charge on any atom is -0.313 e. The lowest BCUT2D eigenvalue weighted by atomic mass is 9.67. The van der Waals surface area contributed by atoms with Crippen LogP contribution in [0.4, 0.5) is 0 Å². The van der Waals surface area contributed by atoms with Crippen molar-refractivity contribution in [3.8, 4) is 0 Å². The normalized spacial score (nSPS) is 25.7. The van der Waals surface area contributed by atoms with Gasteiger partial charge in [-0.2, -0.15) is 0 Å². The summed E-state index contributed by atoms with van der Waals surface area (Å²) in [6, 6.07) is 1.36. The Kier molecular flexibility index (Phi) is 8.26. The Labute approximate surface area is 134 Å². The van der Waals surface area contributed by atoms with E-state index < -0.39 is 0 Å². The van der Waals surface area contributed by atoms with E-state index in [1.807, 2.05) is 0 Å². The lowest BCUT2D eigenvalue weighted by Gasteiger charge is -2.46. The minimum atomic E-state index is 0.449. The smallest absolute Gasteiger partial charge is 0.0159 e. The predicted molar refractivity (Wildman–Crippen MR) is 94.8 cm³/mol. The highest BCUT2D eigenvalue weighted by Gasteiger charge is 2.39. The van der Waals surface area contributed by atoms with E-state index in [1.165, 1.54) is 51.6 Å². The molecule has 1 aliphatic rings. The third-order valence-corrected chi connectivity index (χ3v) is 5.38. The third-order valence-electron chi connectivity index (χ3n) is 5.38. The molecule has 21 heavy (non-hydrogen) atoms. The fourth-order valence-corrected chi connectivity index (χ4v) is 4.07. The molecule has 2 unspecified atom stereocenters. The SMILES string of the molecule is CCCCCN(CC1CCCC(C)(C)C1NCC)C(C)C. The van der Waals surface area contributed by atoms with E-state index in [9.17, 15) is 0 Å². The van der Waals surface area contributed by atoms with Gasteiger partial charge in [0, 0.05) is 18.6 Å². The van der Waals surface area contributed by atoms with Crippen LogP contribution in [0.25, 0.3) is 0 Å². The van der Waals surface area contributed by atoms with Gasteiger partial charge in [0.05, 0.1) is 0 Å². The minimum absolute atomic E-state index is 0.449. The topological polar surface area (TPSA) is 15.3 Å². The zero-order chi connectivity index (χ0) is 15.9. The lowest BCUT2D eigenvalue weighted by Crippen LogP contribution is -2.53. The van der Waals surface area contributed by atoms with E-state index >= 15 is 0 Å². The maximum Gasteiger partial charge on any atom is 0.0159 e. The first-order valence-electron chi connectivity index (χ1n) is 9.39. The van der Waals surface area contributed by atoms with Gasteiger partial charge in [0.25, 0.3) is 0 Å². The average Bonchev–Trinajstić information content (AvgIpc) is 2.41. The molecule has 0 radical (unpaired) electrons. The molecule has 0 spiro atoms. The zero-order valence-electron chi connectivity index (χ0n) is 15.5. The largest absolute Gasteiger partial charge is 0.313 e. The molecular weight excluding hydrogens is 256 g/mol. The summed E-state index contributed by atoms with van der Waals surface area (Å²) >= 11 is 0. The van der Waals surface area contributed by atoms with E-state index in [1.54, 1.807) is 0 Å². The highest BCUT2D eigenvalue weighted by atomic mass is 15.2. The van der Waals surface area contributed by atoms with Gasteiger partial charge >= 0.3 is 0 Å². The van der Waals surface area contributed by atoms with Gasteiger partial charge in [-0.25, -0.2) is 0 Å². The van der Waals surface area contributed by atoms with Crippen LogP contribution in [0.15, 0.2) is 0 Å². The molecule has 1 aliphatic carbocycles. The van der Waals surface area contributed by atoms with Gasteiger partial charge in [0.15, 0.2) is 0 Å². The molecular formula is C19H40N2. The summed E-state index contributed by atoms with van der Waals surface area (Å²) in [6.45, 7) is 17.9. The summed E-state index contributed by atoms with van der Waals surface area (Å²) in [5, 5.41) is 3.81. The second kappa shape index (κ2) is 9.15. The maximum atomic E-state index is 3.81. The first kappa shape index (κ1) is 19.0. The van der Waals surface area contributed by atoms with Crippen molar-refractivity contribution in [2.24, 2.45) is 11.3 Å². The molecule has 0 saturated heterocycles. The van der Waals surface area contributed by atoms with Crippen LogP contribution in [-0.4, -0.2) is 36.6 Å². The van der Waals surface area contributed by atoms with Gasteiger partial charge in [-0.3, -0.25) is 0 Å². The van der Waals surface area contributed by atoms with Crippen LogP contribution in [0.2, 0.25) is 0 Å². The summed E-state index contributed by atoms with van der Waals surface area (Å²) in [5.41, 5.74) is 0.449. The summed E-state index contributed by atoms with van der Waals surface area (Å²) in [5.74, 6) is 0.817. The molecule has 0 bridgehead atoms. The van der Waals surface area contributed by atoms with Crippen molar-refractivity contribution in [3.05, 3.63) is 0 Å². The van der Waals surface area contributed by atoms with Crippen LogP contribution in [0.1, 0.15) is 80.1 Å². The molecule has 1 rings (SSSR count). The monoisotopic (exact) mass is 296 g/mol. The Bertz CT molecular complexity index is 273. The number of rotatable bonds is 9. The predicted octanol–water partition coefficient (Wildman–Crippen LogP) is 4.69. The van der Waals surface area contributed by atoms with Crippen molar-refractivity contribution in [2.75, 3.05) is 19.6 Å². The first-order chi connectivity index (χ1) is 9.92. The van der Waals surface area contributed by atoms with Crippen molar-refractivity contribution in [1.82, 2.24) is 10.2 Å². The van der Waals surface area contributed by atoms with Crippen LogP contribution in [0, 0.1) is 11.3 Å². The fraction of sp³-hybridized carbons (Fsp3) is 1.00. The van der Waals surface area contributed by atoms with Gasteiger partial charge in [0.2, 0.25) is 0 Å². The Hall–Kier alpha value is -0.0800. The molecule has 0 aromatic carbocycles. The Morgan fingerprint density at radius 3 is 2.48 bits per heavy atom. The van der Waals surface area contributed by atoms with E-state index in [-0.39, 0.29) is 0 Å². The molecule has 2 nitrogen and oxygen atoms in total. The summed E-state index contributed by atoms with van der Waals surface area (Å²) in [4.78, 5) is 2.73. The highest BCUT2D eigenvalue weighted by molar-refractivity contribution is 4.94. The molecule has 0 aliphatic heterocycles. The van der Waals surface area contributed by atoms with Crippen LogP contribution in [0.3, 0.4) is 0 Å². The molecule has 2 atom stereocenters. The fourth-order valence-electron chi connectivity index (χ4n) is 4.07. The van der Waals surface area contributed by atoms with Gasteiger partial charge in [-0.1, -0.05) is 47.0 Å². The molecule has 1 fully saturated rings. The van der Waals surface area contributed by atoms with Crippen LogP contribution >= 0.6 is 0 Å². The molecule has 1 saturated carbocycles. The van der Waals surface area contributed by atoms with Crippen molar-refractivity contribution in [2.45, 2.75) is 92.2 Å². The number of nitrogens with zero attached hydrogens (tertiary/aromatic N) is 1. The first-order valence-corrected chi connectivity index (χ1v) is 9.39. The van der Waals surface area contributed by atoms with Crippen molar-refractivity contribution >= 4 is 0 Å². The van der Waals surface area contributed by atoms with Crippen molar-refractivity contribution in [1.29, 1.82) is 0 Å². The molecule has 0 aromatic heterocycles. The Balaban J connectivity index is 2.65. The number of nitrogens with one attached hydrogen (secondary N) is 1. The molecule has 1 N–H and O–H groups in total. The van der Waals surface area contributed by atoms with E-state index in [4.69, 9.17) is 0 Å². The van der Waals surface area contributed by atoms with Crippen molar-refractivity contribution < 1.29 is 0 Å². The second-order valence-corrected chi connectivity index (χ2v) is 7.97. The molecule has 0 heterocycles. The maximum absolute atomic E-state index is 3.81. The molecule has 2 heteroatoms. The van der Waals surface area contributed by atoms with E-state index in [0.29, 0.717) is 17.5 Å². The zero-order valence-corrected chi connectivity index (χ0v) is 15.5. The molecule has 0 aromatic rings. The Morgan fingerprint density at radius 2 is 1.90 bits per heavy atom. The van der Waals surface area contributed by atoms with E-state index in [0.717, 1.165) is 12.5 Å². The quantitative estimate of drug-likeness (QED) is 0.621. The highest BCUT2D eigenvalue weighted by Crippen LogP contribution is 2.39. The van der Waals surface area contributed by atoms with Crippen molar-refractivity contribution in [3.63, 3.8) is 0 Å². The number of hydrogen-bond donors (Lipinski definition) is 1. The van der Waals surface area contributed by atoms with Gasteiger partial charge in [-0.05, 0) is 57.5 Å². The lowest BCUT2D eigenvalue weighted by molar-refractivity contribution is 0.0695. The van der Waals surface area contributed by atoms with Gasteiger partial charge in [-0.15, -0.1) is 0 Å². The van der Waals surface area contributed by atoms with Crippen LogP contribution in [-0.2, 0) is 0 Å². The Morgan fingerprint density at radius 1 is 1.19 bits per heavy atom. The third kappa shape index (κ3) is 5.90. The van der Waals surface area contributed by atoms with Gasteiger partial charge in [0.1, 0.15) is 0 Å². The summed E-state index contributed by atoms with van der Waals surface area (Å²) < 4.78 is 0. The van der Waals surface area contributed by atoms with Crippen LogP contribution in [0.5, 0.6) is 0 Å². The average molecular weight is 297 g/mol. The van der Waals surface area contributed by atoms with Gasteiger partial charge < -0.3 is 10.2 Å². The summed E-state index contributed by atoms with van der Waals surface area (Å²) in [7, 11) is 0. The second-order valence-electron chi connectivity index (χ2n) is 7.97. The molecule has 0 amide bonds.